The fourth-order valence-corrected chi connectivity index (χ4v) is 3.81. The summed E-state index contributed by atoms with van der Waals surface area (Å²) in [6.45, 7) is 2.26. The molecule has 0 amide bonds. The third-order valence-corrected chi connectivity index (χ3v) is 5.38. The second-order valence-corrected chi connectivity index (χ2v) is 7.32. The minimum atomic E-state index is -0.222. The Morgan fingerprint density at radius 1 is 1.04 bits per heavy atom. The van der Waals surface area contributed by atoms with Gasteiger partial charge in [-0.25, -0.2) is 0 Å². The van der Waals surface area contributed by atoms with Gasteiger partial charge in [0.05, 0.1) is 18.9 Å². The van der Waals surface area contributed by atoms with Gasteiger partial charge in [-0.3, -0.25) is 0 Å². The molecule has 0 unspecified atom stereocenters. The Labute approximate surface area is 164 Å². The Morgan fingerprint density at radius 3 is 2.54 bits per heavy atom. The Kier molecular flexibility index (Phi) is 5.53. The lowest BCUT2D eigenvalue weighted by Crippen LogP contribution is -2.47. The van der Waals surface area contributed by atoms with Gasteiger partial charge in [-0.05, 0) is 54.0 Å². The number of para-hydroxylation sites is 2. The summed E-state index contributed by atoms with van der Waals surface area (Å²) in [5, 5.41) is 22.5. The van der Waals surface area contributed by atoms with Crippen molar-refractivity contribution in [3.05, 3.63) is 60.7 Å². The lowest BCUT2D eigenvalue weighted by Gasteiger charge is -2.41. The van der Waals surface area contributed by atoms with Gasteiger partial charge in [-0.1, -0.05) is 41.5 Å². The van der Waals surface area contributed by atoms with Crippen molar-refractivity contribution in [1.82, 2.24) is 20.2 Å². The lowest BCUT2D eigenvalue weighted by molar-refractivity contribution is 0.0788. The van der Waals surface area contributed by atoms with Crippen molar-refractivity contribution in [1.29, 1.82) is 0 Å². The van der Waals surface area contributed by atoms with Crippen LogP contribution in [0.15, 0.2) is 60.7 Å². The number of benzene rings is 2. The first kappa shape index (κ1) is 18.4. The van der Waals surface area contributed by atoms with Gasteiger partial charge in [-0.2, -0.15) is 4.68 Å². The van der Waals surface area contributed by atoms with Crippen LogP contribution in [0, 0.1) is 5.41 Å². The molecule has 0 aliphatic carbocycles. The van der Waals surface area contributed by atoms with Gasteiger partial charge in [0.25, 0.3) is 0 Å². The van der Waals surface area contributed by atoms with E-state index in [4.69, 9.17) is 4.74 Å². The molecule has 1 aliphatic heterocycles. The predicted molar refractivity (Wildman–Crippen MR) is 107 cm³/mol. The number of ether oxygens (including phenoxy) is 1. The highest BCUT2D eigenvalue weighted by Crippen LogP contribution is 2.35. The van der Waals surface area contributed by atoms with Gasteiger partial charge < -0.3 is 14.7 Å². The normalized spacial score (nSPS) is 19.5. The molecule has 4 rings (SSSR count). The van der Waals surface area contributed by atoms with Crippen LogP contribution in [-0.4, -0.2) is 51.6 Å². The highest BCUT2D eigenvalue weighted by Gasteiger charge is 2.36. The molecule has 1 fully saturated rings. The Bertz CT molecular complexity index is 871. The number of nitrogens with zero attached hydrogens (tertiary/aromatic N) is 5. The molecular weight excluding hydrogens is 354 g/mol. The fraction of sp³-hybridized carbons (Fsp3) is 0.381. The zero-order chi connectivity index (χ0) is 19.2. The summed E-state index contributed by atoms with van der Waals surface area (Å²) < 4.78 is 7.64. The van der Waals surface area contributed by atoms with Gasteiger partial charge >= 0.3 is 0 Å². The highest BCUT2D eigenvalue weighted by molar-refractivity contribution is 5.41. The highest BCUT2D eigenvalue weighted by atomic mass is 16.5. The number of piperidine rings is 1. The Morgan fingerprint density at radius 2 is 1.79 bits per heavy atom. The summed E-state index contributed by atoms with van der Waals surface area (Å²) in [7, 11) is 0. The number of rotatable bonds is 7. The van der Waals surface area contributed by atoms with Crippen molar-refractivity contribution in [2.24, 2.45) is 5.41 Å². The van der Waals surface area contributed by atoms with Gasteiger partial charge in [0.2, 0.25) is 5.95 Å². The van der Waals surface area contributed by atoms with Crippen LogP contribution in [0.5, 0.6) is 5.75 Å². The van der Waals surface area contributed by atoms with Crippen LogP contribution in [0.1, 0.15) is 19.3 Å². The van der Waals surface area contributed by atoms with E-state index in [0.717, 1.165) is 37.2 Å². The van der Waals surface area contributed by atoms with Crippen LogP contribution in [0.4, 0.5) is 5.95 Å². The van der Waals surface area contributed by atoms with E-state index in [9.17, 15) is 5.11 Å². The van der Waals surface area contributed by atoms with E-state index in [1.807, 2.05) is 60.7 Å². The van der Waals surface area contributed by atoms with Crippen molar-refractivity contribution in [2.75, 3.05) is 31.2 Å². The third-order valence-electron chi connectivity index (χ3n) is 5.38. The maximum absolute atomic E-state index is 10.2. The molecule has 146 valence electrons. The predicted octanol–water partition coefficient (Wildman–Crippen LogP) is 2.71. The third kappa shape index (κ3) is 3.99. The molecule has 1 N–H and O–H groups in total. The number of hydrogen-bond donors (Lipinski definition) is 1. The van der Waals surface area contributed by atoms with Crippen molar-refractivity contribution in [3.8, 4) is 11.4 Å². The summed E-state index contributed by atoms with van der Waals surface area (Å²) in [4.78, 5) is 2.18. The zero-order valence-corrected chi connectivity index (χ0v) is 15.8. The molecule has 0 radical (unpaired) electrons. The first-order valence-electron chi connectivity index (χ1n) is 9.67. The van der Waals surface area contributed by atoms with Crippen molar-refractivity contribution >= 4 is 5.95 Å². The molecule has 3 aromatic rings. The van der Waals surface area contributed by atoms with Crippen LogP contribution >= 0.6 is 0 Å². The fourth-order valence-electron chi connectivity index (χ4n) is 3.81. The number of hydrogen-bond acceptors (Lipinski definition) is 6. The van der Waals surface area contributed by atoms with E-state index in [2.05, 4.69) is 20.4 Å². The summed E-state index contributed by atoms with van der Waals surface area (Å²) in [5.74, 6) is 1.57. The second kappa shape index (κ2) is 8.39. The monoisotopic (exact) mass is 379 g/mol. The van der Waals surface area contributed by atoms with E-state index in [1.54, 1.807) is 4.68 Å². The summed E-state index contributed by atoms with van der Waals surface area (Å²) in [6, 6.07) is 19.7. The minimum absolute atomic E-state index is 0.120. The number of aromatic nitrogens is 4. The smallest absolute Gasteiger partial charge is 0.250 e. The lowest BCUT2D eigenvalue weighted by atomic mass is 9.78. The largest absolute Gasteiger partial charge is 0.494 e. The molecule has 1 saturated heterocycles. The molecule has 1 aromatic heterocycles. The molecule has 28 heavy (non-hydrogen) atoms. The minimum Gasteiger partial charge on any atom is -0.494 e. The summed E-state index contributed by atoms with van der Waals surface area (Å²) >= 11 is 0. The van der Waals surface area contributed by atoms with Gasteiger partial charge in [0, 0.05) is 18.5 Å². The van der Waals surface area contributed by atoms with E-state index in [-0.39, 0.29) is 12.0 Å². The number of tetrazole rings is 1. The van der Waals surface area contributed by atoms with E-state index in [1.165, 1.54) is 0 Å². The molecule has 7 nitrogen and oxygen atoms in total. The summed E-state index contributed by atoms with van der Waals surface area (Å²) in [6.07, 6.45) is 2.72. The maximum atomic E-state index is 10.2. The molecule has 1 atom stereocenters. The van der Waals surface area contributed by atoms with Crippen molar-refractivity contribution in [3.63, 3.8) is 0 Å². The average Bonchev–Trinajstić information content (AvgIpc) is 3.25. The first-order valence-corrected chi connectivity index (χ1v) is 9.67. The van der Waals surface area contributed by atoms with Crippen LogP contribution in [0.25, 0.3) is 5.69 Å². The number of aliphatic hydroxyl groups is 1. The van der Waals surface area contributed by atoms with Gasteiger partial charge in [-0.15, -0.1) is 0 Å². The van der Waals surface area contributed by atoms with E-state index < -0.39 is 0 Å². The van der Waals surface area contributed by atoms with Gasteiger partial charge in [0.15, 0.2) is 0 Å². The molecule has 7 heteroatoms. The molecule has 2 aromatic carbocycles. The Balaban J connectivity index is 1.46. The van der Waals surface area contributed by atoms with E-state index in [0.29, 0.717) is 19.1 Å². The zero-order valence-electron chi connectivity index (χ0n) is 15.8. The van der Waals surface area contributed by atoms with Crippen LogP contribution in [-0.2, 0) is 0 Å². The standard InChI is InChI=1S/C21H25N5O2/c27-17-21(13-15-28-19-10-5-2-6-11-19)12-7-14-25(16-21)20-22-23-24-26(20)18-8-3-1-4-9-18/h1-6,8-11,27H,7,12-17H2/t21-/m0/s1. The van der Waals surface area contributed by atoms with Crippen LogP contribution < -0.4 is 9.64 Å². The van der Waals surface area contributed by atoms with Crippen LogP contribution in [0.3, 0.4) is 0 Å². The van der Waals surface area contributed by atoms with E-state index >= 15 is 0 Å². The molecule has 2 heterocycles. The molecule has 1 aliphatic rings. The topological polar surface area (TPSA) is 76.3 Å². The molecule has 0 saturated carbocycles. The number of aliphatic hydroxyl groups excluding tert-OH is 1. The van der Waals surface area contributed by atoms with Crippen LogP contribution in [0.2, 0.25) is 0 Å². The Hall–Kier alpha value is -2.93. The SMILES string of the molecule is OC[C@]1(CCOc2ccccc2)CCCN(c2nnnn2-c2ccccc2)C1. The summed E-state index contributed by atoms with van der Waals surface area (Å²) in [5.41, 5.74) is 0.704. The quantitative estimate of drug-likeness (QED) is 0.680. The first-order chi connectivity index (χ1) is 13.8. The molecule has 0 bridgehead atoms. The number of anilines is 1. The van der Waals surface area contributed by atoms with Gasteiger partial charge in [0.1, 0.15) is 5.75 Å². The maximum Gasteiger partial charge on any atom is 0.250 e. The molecular formula is C21H25N5O2. The second-order valence-electron chi connectivity index (χ2n) is 7.32. The average molecular weight is 379 g/mol. The van der Waals surface area contributed by atoms with Crippen molar-refractivity contribution in [2.45, 2.75) is 19.3 Å². The molecule has 0 spiro atoms. The van der Waals surface area contributed by atoms with Crippen molar-refractivity contribution < 1.29 is 9.84 Å².